The summed E-state index contributed by atoms with van der Waals surface area (Å²) in [5.41, 5.74) is 0. The summed E-state index contributed by atoms with van der Waals surface area (Å²) in [6.07, 6.45) is 5.42. The number of hydrogen-bond acceptors (Lipinski definition) is 4. The first-order chi connectivity index (χ1) is 9.78. The van der Waals surface area contributed by atoms with Crippen molar-refractivity contribution in [3.05, 3.63) is 0 Å². The summed E-state index contributed by atoms with van der Waals surface area (Å²) >= 11 is 0. The second-order valence-corrected chi connectivity index (χ2v) is 4.54. The zero-order valence-corrected chi connectivity index (χ0v) is 14.0. The average Bonchev–Trinajstić information content (AvgIpc) is 2.51. The number of rotatable bonds is 7. The van der Waals surface area contributed by atoms with E-state index in [0.717, 1.165) is 25.9 Å². The van der Waals surface area contributed by atoms with E-state index in [1.807, 2.05) is 13.8 Å². The van der Waals surface area contributed by atoms with Crippen molar-refractivity contribution >= 4 is 6.47 Å². The lowest BCUT2D eigenvalue weighted by atomic mass is 10.1. The number of ether oxygens (including phenoxy) is 3. The average molecular weight is 290 g/mol. The molecule has 1 rings (SSSR count). The van der Waals surface area contributed by atoms with Crippen LogP contribution >= 0.6 is 0 Å². The van der Waals surface area contributed by atoms with Crippen LogP contribution in [0.4, 0.5) is 0 Å². The monoisotopic (exact) mass is 290 g/mol. The third kappa shape index (κ3) is 13.8. The third-order valence-corrected chi connectivity index (χ3v) is 2.63. The van der Waals surface area contributed by atoms with E-state index in [-0.39, 0.29) is 12.2 Å². The predicted molar refractivity (Wildman–Crippen MR) is 82.7 cm³/mol. The van der Waals surface area contributed by atoms with Crippen molar-refractivity contribution < 1.29 is 19.0 Å². The lowest BCUT2D eigenvalue weighted by molar-refractivity contribution is -0.172. The minimum Gasteiger partial charge on any atom is -0.468 e. The van der Waals surface area contributed by atoms with E-state index in [1.54, 1.807) is 0 Å². The van der Waals surface area contributed by atoms with Gasteiger partial charge in [-0.3, -0.25) is 4.79 Å². The molecule has 1 heterocycles. The molecule has 0 aromatic carbocycles. The SMILES string of the molecule is CC.CCC.CCC(COC=O)COC1CCCCO1. The Hall–Kier alpha value is -0.610. The molecule has 122 valence electrons. The van der Waals surface area contributed by atoms with Crippen molar-refractivity contribution in [2.75, 3.05) is 19.8 Å². The van der Waals surface area contributed by atoms with E-state index in [2.05, 4.69) is 20.8 Å². The molecule has 1 fully saturated rings. The summed E-state index contributed by atoms with van der Waals surface area (Å²) in [7, 11) is 0. The quantitative estimate of drug-likeness (QED) is 0.660. The Morgan fingerprint density at radius 1 is 1.20 bits per heavy atom. The molecule has 2 atom stereocenters. The van der Waals surface area contributed by atoms with Gasteiger partial charge in [-0.15, -0.1) is 0 Å². The van der Waals surface area contributed by atoms with Crippen LogP contribution in [0.5, 0.6) is 0 Å². The highest BCUT2D eigenvalue weighted by atomic mass is 16.7. The topological polar surface area (TPSA) is 44.8 Å². The van der Waals surface area contributed by atoms with Crippen molar-refractivity contribution in [1.29, 1.82) is 0 Å². The summed E-state index contributed by atoms with van der Waals surface area (Å²) in [4.78, 5) is 10.0. The molecule has 2 unspecified atom stereocenters. The van der Waals surface area contributed by atoms with Gasteiger partial charge in [-0.1, -0.05) is 41.0 Å². The van der Waals surface area contributed by atoms with Crippen LogP contribution in [0.25, 0.3) is 0 Å². The highest BCUT2D eigenvalue weighted by molar-refractivity contribution is 5.36. The minimum atomic E-state index is -0.0518. The summed E-state index contributed by atoms with van der Waals surface area (Å²) in [5, 5.41) is 0. The number of carbonyl (C=O) groups excluding carboxylic acids is 1. The molecular formula is C16H34O4. The van der Waals surface area contributed by atoms with E-state index in [1.165, 1.54) is 12.8 Å². The Balaban J connectivity index is 0. The van der Waals surface area contributed by atoms with Crippen LogP contribution in [0.3, 0.4) is 0 Å². The van der Waals surface area contributed by atoms with Crippen LogP contribution in [-0.2, 0) is 19.0 Å². The van der Waals surface area contributed by atoms with Gasteiger partial charge in [0, 0.05) is 12.5 Å². The Kier molecular flexibility index (Phi) is 19.9. The van der Waals surface area contributed by atoms with Gasteiger partial charge in [0.15, 0.2) is 6.29 Å². The fraction of sp³-hybridized carbons (Fsp3) is 0.938. The van der Waals surface area contributed by atoms with E-state index in [4.69, 9.17) is 14.2 Å². The highest BCUT2D eigenvalue weighted by Gasteiger charge is 2.16. The van der Waals surface area contributed by atoms with Gasteiger partial charge in [-0.05, 0) is 25.7 Å². The summed E-state index contributed by atoms with van der Waals surface area (Å²) in [6.45, 7) is 12.6. The molecule has 0 saturated carbocycles. The summed E-state index contributed by atoms with van der Waals surface area (Å²) < 4.78 is 15.8. The molecule has 0 spiro atoms. The van der Waals surface area contributed by atoms with E-state index in [9.17, 15) is 4.79 Å². The molecule has 0 aromatic heterocycles. The van der Waals surface area contributed by atoms with Crippen molar-refractivity contribution in [3.8, 4) is 0 Å². The van der Waals surface area contributed by atoms with Crippen molar-refractivity contribution in [3.63, 3.8) is 0 Å². The lowest BCUT2D eigenvalue weighted by Crippen LogP contribution is -2.26. The second-order valence-electron chi connectivity index (χ2n) is 4.54. The fourth-order valence-corrected chi connectivity index (χ4v) is 1.55. The molecule has 0 bridgehead atoms. The van der Waals surface area contributed by atoms with Gasteiger partial charge in [0.25, 0.3) is 6.47 Å². The zero-order valence-electron chi connectivity index (χ0n) is 14.0. The maximum Gasteiger partial charge on any atom is 0.293 e. The molecule has 0 aliphatic carbocycles. The van der Waals surface area contributed by atoms with Crippen molar-refractivity contribution in [2.24, 2.45) is 5.92 Å². The largest absolute Gasteiger partial charge is 0.468 e. The molecule has 1 aliphatic heterocycles. The Morgan fingerprint density at radius 2 is 1.85 bits per heavy atom. The maximum atomic E-state index is 10.0. The second kappa shape index (κ2) is 18.4. The van der Waals surface area contributed by atoms with Crippen molar-refractivity contribution in [2.45, 2.75) is 73.0 Å². The van der Waals surface area contributed by atoms with Crippen LogP contribution in [0.15, 0.2) is 0 Å². The van der Waals surface area contributed by atoms with E-state index >= 15 is 0 Å². The van der Waals surface area contributed by atoms with Gasteiger partial charge in [0.1, 0.15) is 0 Å². The Labute approximate surface area is 125 Å². The summed E-state index contributed by atoms with van der Waals surface area (Å²) in [6, 6.07) is 0. The zero-order chi connectivity index (χ0) is 15.6. The highest BCUT2D eigenvalue weighted by Crippen LogP contribution is 2.15. The first kappa shape index (κ1) is 21.7. The van der Waals surface area contributed by atoms with Crippen LogP contribution < -0.4 is 0 Å². The van der Waals surface area contributed by atoms with Crippen molar-refractivity contribution in [1.82, 2.24) is 0 Å². The normalized spacial score (nSPS) is 18.8. The summed E-state index contributed by atoms with van der Waals surface area (Å²) in [5.74, 6) is 0.278. The van der Waals surface area contributed by atoms with Gasteiger partial charge in [-0.25, -0.2) is 0 Å². The smallest absolute Gasteiger partial charge is 0.293 e. The molecule has 0 amide bonds. The molecule has 1 aliphatic rings. The number of carbonyl (C=O) groups is 1. The van der Waals surface area contributed by atoms with Gasteiger partial charge >= 0.3 is 0 Å². The van der Waals surface area contributed by atoms with Crippen LogP contribution in [0, 0.1) is 5.92 Å². The lowest BCUT2D eigenvalue weighted by Gasteiger charge is -2.24. The number of hydrogen-bond donors (Lipinski definition) is 0. The molecule has 0 aromatic rings. The molecule has 4 nitrogen and oxygen atoms in total. The van der Waals surface area contributed by atoms with Gasteiger partial charge in [0.2, 0.25) is 0 Å². The van der Waals surface area contributed by atoms with E-state index < -0.39 is 0 Å². The minimum absolute atomic E-state index is 0.0518. The van der Waals surface area contributed by atoms with Gasteiger partial charge in [-0.2, -0.15) is 0 Å². The Bertz CT molecular complexity index is 179. The first-order valence-corrected chi connectivity index (χ1v) is 8.06. The molecule has 20 heavy (non-hydrogen) atoms. The molecule has 0 radical (unpaired) electrons. The standard InChI is InChI=1S/C11H20O4.C3H8.C2H6/c1-2-10(7-13-9-12)8-15-11-5-3-4-6-14-11;1-3-2;1-2/h9-11H,2-8H2,1H3;3H2,1-2H3;1-2H3. The predicted octanol–water partition coefficient (Wildman–Crippen LogP) is 4.17. The molecule has 4 heteroatoms. The van der Waals surface area contributed by atoms with E-state index in [0.29, 0.717) is 19.7 Å². The molecule has 0 N–H and O–H groups in total. The third-order valence-electron chi connectivity index (χ3n) is 2.63. The molecule has 1 saturated heterocycles. The Morgan fingerprint density at radius 3 is 2.30 bits per heavy atom. The van der Waals surface area contributed by atoms with Crippen LogP contribution in [-0.4, -0.2) is 32.6 Å². The molecular weight excluding hydrogens is 256 g/mol. The maximum absolute atomic E-state index is 10.0. The van der Waals surface area contributed by atoms with Gasteiger partial charge in [0.05, 0.1) is 13.2 Å². The van der Waals surface area contributed by atoms with Crippen LogP contribution in [0.2, 0.25) is 0 Å². The van der Waals surface area contributed by atoms with Crippen LogP contribution in [0.1, 0.15) is 66.7 Å². The van der Waals surface area contributed by atoms with Gasteiger partial charge < -0.3 is 14.2 Å². The fourth-order valence-electron chi connectivity index (χ4n) is 1.55. The first-order valence-electron chi connectivity index (χ1n) is 8.06.